The Kier molecular flexibility index (Phi) is 5.18. The molecule has 0 spiro atoms. The summed E-state index contributed by atoms with van der Waals surface area (Å²) >= 11 is 0. The van der Waals surface area contributed by atoms with Crippen molar-refractivity contribution in [1.82, 2.24) is 14.5 Å². The van der Waals surface area contributed by atoms with Crippen molar-refractivity contribution in [1.29, 1.82) is 0 Å². The molecule has 7 heteroatoms. The number of fused-ring (bicyclic) bond motifs is 1. The minimum absolute atomic E-state index is 0. The molecule has 0 aliphatic carbocycles. The van der Waals surface area contributed by atoms with Crippen LogP contribution >= 0.6 is 12.4 Å². The summed E-state index contributed by atoms with van der Waals surface area (Å²) in [5.41, 5.74) is 3.65. The highest BCUT2D eigenvalue weighted by Crippen LogP contribution is 2.22. The molecule has 0 saturated heterocycles. The van der Waals surface area contributed by atoms with Gasteiger partial charge in [0.1, 0.15) is 5.65 Å². The van der Waals surface area contributed by atoms with Gasteiger partial charge >= 0.3 is 0 Å². The number of halogens is 1. The lowest BCUT2D eigenvalue weighted by atomic mass is 10.4. The van der Waals surface area contributed by atoms with E-state index >= 15 is 0 Å². The number of aromatic nitrogens is 3. The van der Waals surface area contributed by atoms with E-state index in [4.69, 9.17) is 4.84 Å². The van der Waals surface area contributed by atoms with Crippen molar-refractivity contribution in [3.63, 3.8) is 0 Å². The molecule has 100 valence electrons. The number of nitrogens with zero attached hydrogens (tertiary/aromatic N) is 3. The fourth-order valence-electron chi connectivity index (χ4n) is 1.63. The summed E-state index contributed by atoms with van der Waals surface area (Å²) in [6.07, 6.45) is 2.98. The van der Waals surface area contributed by atoms with E-state index in [1.165, 1.54) is 0 Å². The highest BCUT2D eigenvalue weighted by Gasteiger charge is 2.09. The second-order valence-corrected chi connectivity index (χ2v) is 3.79. The first-order valence-corrected chi connectivity index (χ1v) is 5.62. The van der Waals surface area contributed by atoms with Gasteiger partial charge in [-0.1, -0.05) is 6.92 Å². The van der Waals surface area contributed by atoms with Gasteiger partial charge in [-0.2, -0.15) is 9.97 Å². The topological polar surface area (TPSA) is 64.0 Å². The molecule has 0 unspecified atom stereocenters. The molecule has 6 nitrogen and oxygen atoms in total. The van der Waals surface area contributed by atoms with Crippen LogP contribution in [0.1, 0.15) is 13.3 Å². The smallest absolute Gasteiger partial charge is 0.226 e. The number of hydrogen-bond donors (Lipinski definition) is 2. The first kappa shape index (κ1) is 14.5. The fourth-order valence-corrected chi connectivity index (χ4v) is 1.63. The van der Waals surface area contributed by atoms with Crippen LogP contribution in [0.15, 0.2) is 12.3 Å². The monoisotopic (exact) mass is 271 g/mol. The van der Waals surface area contributed by atoms with Crippen LogP contribution in [0.2, 0.25) is 0 Å². The molecular formula is C11H18ClN5O. The Morgan fingerprint density at radius 2 is 2.17 bits per heavy atom. The number of anilines is 2. The van der Waals surface area contributed by atoms with Gasteiger partial charge in [0.05, 0.1) is 12.5 Å². The Hall–Kier alpha value is -1.53. The van der Waals surface area contributed by atoms with Crippen molar-refractivity contribution in [3.8, 4) is 0 Å². The minimum Gasteiger partial charge on any atom is -0.354 e. The van der Waals surface area contributed by atoms with Crippen molar-refractivity contribution < 1.29 is 4.84 Å². The molecule has 0 radical (unpaired) electrons. The van der Waals surface area contributed by atoms with Crippen molar-refractivity contribution >= 4 is 35.2 Å². The molecule has 2 rings (SSSR count). The third-order valence-corrected chi connectivity index (χ3v) is 2.46. The number of nitrogens with one attached hydrogen (secondary N) is 2. The number of hydrogen-bond acceptors (Lipinski definition) is 5. The van der Waals surface area contributed by atoms with Crippen LogP contribution < -0.4 is 10.8 Å². The van der Waals surface area contributed by atoms with Crippen molar-refractivity contribution in [3.05, 3.63) is 12.3 Å². The number of rotatable bonds is 5. The molecule has 0 atom stereocenters. The largest absolute Gasteiger partial charge is 0.354 e. The van der Waals surface area contributed by atoms with Crippen LogP contribution in [0.5, 0.6) is 0 Å². The van der Waals surface area contributed by atoms with Gasteiger partial charge < -0.3 is 9.88 Å². The van der Waals surface area contributed by atoms with Crippen molar-refractivity contribution in [2.75, 3.05) is 24.5 Å². The molecule has 2 aromatic heterocycles. The van der Waals surface area contributed by atoms with Crippen molar-refractivity contribution in [2.45, 2.75) is 13.3 Å². The lowest BCUT2D eigenvalue weighted by Gasteiger charge is -2.08. The predicted molar refractivity (Wildman–Crippen MR) is 75.2 cm³/mol. The molecule has 2 aromatic rings. The van der Waals surface area contributed by atoms with E-state index in [1.54, 1.807) is 7.11 Å². The fraction of sp³-hybridized carbons (Fsp3) is 0.455. The van der Waals surface area contributed by atoms with E-state index in [-0.39, 0.29) is 12.4 Å². The summed E-state index contributed by atoms with van der Waals surface area (Å²) in [6.45, 7) is 2.95. The standard InChI is InChI=1S/C11H17N5O.ClH/c1-4-6-12-11-13-9(15-17-3)8-5-7-16(2)10(8)14-11;/h5,7H,4,6H2,1-3H3,(H2,12,13,14,15);1H. The second kappa shape index (κ2) is 6.42. The summed E-state index contributed by atoms with van der Waals surface area (Å²) in [5, 5.41) is 4.11. The maximum atomic E-state index is 4.93. The molecule has 0 fully saturated rings. The van der Waals surface area contributed by atoms with Gasteiger partial charge in [-0.15, -0.1) is 12.4 Å². The highest BCUT2D eigenvalue weighted by molar-refractivity contribution is 5.88. The molecule has 2 N–H and O–H groups in total. The first-order chi connectivity index (χ1) is 8.26. The summed E-state index contributed by atoms with van der Waals surface area (Å²) in [4.78, 5) is 13.8. The van der Waals surface area contributed by atoms with Gasteiger partial charge in [0.15, 0.2) is 5.82 Å². The Morgan fingerprint density at radius 1 is 1.39 bits per heavy atom. The maximum Gasteiger partial charge on any atom is 0.226 e. The summed E-state index contributed by atoms with van der Waals surface area (Å²) in [5.74, 6) is 1.29. The summed E-state index contributed by atoms with van der Waals surface area (Å²) in [7, 11) is 3.52. The second-order valence-electron chi connectivity index (χ2n) is 3.79. The Labute approximate surface area is 112 Å². The zero-order valence-electron chi connectivity index (χ0n) is 10.7. The van der Waals surface area contributed by atoms with Crippen LogP contribution in [-0.4, -0.2) is 28.2 Å². The van der Waals surface area contributed by atoms with E-state index in [1.807, 2.05) is 23.9 Å². The molecule has 0 amide bonds. The number of aryl methyl sites for hydroxylation is 1. The third kappa shape index (κ3) is 2.83. The Bertz CT molecular complexity index is 513. The van der Waals surface area contributed by atoms with E-state index in [0.717, 1.165) is 24.0 Å². The highest BCUT2D eigenvalue weighted by atomic mass is 35.5. The van der Waals surface area contributed by atoms with Gasteiger partial charge in [0.25, 0.3) is 0 Å². The van der Waals surface area contributed by atoms with Gasteiger partial charge in [-0.05, 0) is 12.5 Å². The molecule has 0 aliphatic heterocycles. The zero-order valence-corrected chi connectivity index (χ0v) is 11.5. The molecule has 0 bridgehead atoms. The Balaban J connectivity index is 0.00000162. The van der Waals surface area contributed by atoms with Crippen molar-refractivity contribution in [2.24, 2.45) is 7.05 Å². The zero-order chi connectivity index (χ0) is 12.3. The molecule has 0 aromatic carbocycles. The van der Waals surface area contributed by atoms with Crippen LogP contribution in [0.3, 0.4) is 0 Å². The average Bonchev–Trinajstić information content (AvgIpc) is 2.69. The Morgan fingerprint density at radius 3 is 2.83 bits per heavy atom. The lowest BCUT2D eigenvalue weighted by molar-refractivity contribution is 0.270. The van der Waals surface area contributed by atoms with Crippen LogP contribution in [0.25, 0.3) is 11.0 Å². The van der Waals surface area contributed by atoms with E-state index < -0.39 is 0 Å². The predicted octanol–water partition coefficient (Wildman–Crippen LogP) is 2.19. The van der Waals surface area contributed by atoms with Gasteiger partial charge in [0, 0.05) is 19.8 Å². The van der Waals surface area contributed by atoms with Gasteiger partial charge in [-0.3, -0.25) is 4.84 Å². The van der Waals surface area contributed by atoms with Crippen LogP contribution in [-0.2, 0) is 11.9 Å². The van der Waals surface area contributed by atoms with Crippen LogP contribution in [0, 0.1) is 0 Å². The van der Waals surface area contributed by atoms with E-state index in [0.29, 0.717) is 11.8 Å². The molecule has 2 heterocycles. The van der Waals surface area contributed by atoms with E-state index in [9.17, 15) is 0 Å². The van der Waals surface area contributed by atoms with Crippen LogP contribution in [0.4, 0.5) is 11.8 Å². The summed E-state index contributed by atoms with van der Waals surface area (Å²) in [6, 6.07) is 1.96. The molecule has 0 saturated carbocycles. The average molecular weight is 272 g/mol. The normalized spacial score (nSPS) is 10.2. The minimum atomic E-state index is 0. The molecule has 0 aliphatic rings. The summed E-state index contributed by atoms with van der Waals surface area (Å²) < 4.78 is 1.95. The quantitative estimate of drug-likeness (QED) is 0.816. The van der Waals surface area contributed by atoms with Gasteiger partial charge in [0.2, 0.25) is 5.95 Å². The third-order valence-electron chi connectivity index (χ3n) is 2.46. The maximum absolute atomic E-state index is 4.93. The molecule has 18 heavy (non-hydrogen) atoms. The van der Waals surface area contributed by atoms with E-state index in [2.05, 4.69) is 27.7 Å². The lowest BCUT2D eigenvalue weighted by Crippen LogP contribution is -2.08. The molecular weight excluding hydrogens is 254 g/mol. The SMILES string of the molecule is CCCNc1nc(NOC)c2ccn(C)c2n1.Cl. The first-order valence-electron chi connectivity index (χ1n) is 5.62. The van der Waals surface area contributed by atoms with Gasteiger partial charge in [-0.25, -0.2) is 5.48 Å².